The maximum absolute atomic E-state index is 14.1. The first-order chi connectivity index (χ1) is 12.2. The number of ether oxygens (including phenoxy) is 1. The number of nitrogens with zero attached hydrogens (tertiary/aromatic N) is 1. The molecule has 0 radical (unpaired) electrons. The fourth-order valence-electron chi connectivity index (χ4n) is 2.49. The molecule has 1 atom stereocenters. The van der Waals surface area contributed by atoms with Gasteiger partial charge in [0, 0.05) is 11.8 Å². The third-order valence-corrected chi connectivity index (χ3v) is 4.82. The van der Waals surface area contributed by atoms with E-state index in [0.29, 0.717) is 18.0 Å². The largest absolute Gasteiger partial charge is 0.494 e. The van der Waals surface area contributed by atoms with E-state index in [-0.39, 0.29) is 5.69 Å². The van der Waals surface area contributed by atoms with Gasteiger partial charge in [-0.15, -0.1) is 0 Å². The van der Waals surface area contributed by atoms with Gasteiger partial charge in [0.05, 0.1) is 18.6 Å². The molecule has 0 unspecified atom stereocenters. The average molecular weight is 380 g/mol. The molecule has 8 heteroatoms. The van der Waals surface area contributed by atoms with Gasteiger partial charge in [-0.2, -0.15) is 0 Å². The first-order valence-corrected chi connectivity index (χ1v) is 9.86. The highest BCUT2D eigenvalue weighted by Gasteiger charge is 2.31. The molecule has 2 aromatic rings. The third kappa shape index (κ3) is 4.72. The molecule has 1 amide bonds. The van der Waals surface area contributed by atoms with Crippen molar-refractivity contribution in [3.8, 4) is 5.75 Å². The predicted octanol–water partition coefficient (Wildman–Crippen LogP) is 3.02. The summed E-state index contributed by atoms with van der Waals surface area (Å²) >= 11 is 0. The van der Waals surface area contributed by atoms with Crippen molar-refractivity contribution in [3.05, 3.63) is 54.3 Å². The Labute approximate surface area is 152 Å². The smallest absolute Gasteiger partial charge is 0.247 e. The van der Waals surface area contributed by atoms with Crippen molar-refractivity contribution in [3.63, 3.8) is 0 Å². The highest BCUT2D eigenvalue weighted by atomic mass is 32.2. The maximum atomic E-state index is 14.1. The van der Waals surface area contributed by atoms with Gasteiger partial charge >= 0.3 is 0 Å². The summed E-state index contributed by atoms with van der Waals surface area (Å²) in [5.41, 5.74) is 0.274. The number of para-hydroxylation sites is 1. The number of carbonyl (C=O) groups is 1. The summed E-state index contributed by atoms with van der Waals surface area (Å²) in [6, 6.07) is 11.0. The molecule has 0 bridgehead atoms. The van der Waals surface area contributed by atoms with E-state index in [0.717, 1.165) is 16.6 Å². The van der Waals surface area contributed by atoms with Crippen molar-refractivity contribution in [2.75, 3.05) is 22.5 Å². The van der Waals surface area contributed by atoms with Crippen LogP contribution in [0.2, 0.25) is 0 Å². The molecule has 0 aliphatic heterocycles. The quantitative estimate of drug-likeness (QED) is 0.801. The molecule has 6 nitrogen and oxygen atoms in total. The number of hydrogen-bond donors (Lipinski definition) is 1. The number of halogens is 1. The molecule has 2 aromatic carbocycles. The monoisotopic (exact) mass is 380 g/mol. The Kier molecular flexibility index (Phi) is 6.20. The number of hydrogen-bond acceptors (Lipinski definition) is 4. The SMILES string of the molecule is CCOc1cccc(NC(=O)[C@H](C)N(c2ccccc2F)S(C)(=O)=O)c1. The Bertz CT molecular complexity index is 886. The van der Waals surface area contributed by atoms with Gasteiger partial charge < -0.3 is 10.1 Å². The molecular weight excluding hydrogens is 359 g/mol. The van der Waals surface area contributed by atoms with Crippen LogP contribution in [0.1, 0.15) is 13.8 Å². The van der Waals surface area contributed by atoms with E-state index in [9.17, 15) is 17.6 Å². The van der Waals surface area contributed by atoms with Crippen LogP contribution in [-0.2, 0) is 14.8 Å². The second-order valence-electron chi connectivity index (χ2n) is 5.64. The zero-order chi connectivity index (χ0) is 19.3. The van der Waals surface area contributed by atoms with Crippen molar-refractivity contribution in [2.45, 2.75) is 19.9 Å². The Balaban J connectivity index is 2.29. The lowest BCUT2D eigenvalue weighted by Crippen LogP contribution is -2.45. The van der Waals surface area contributed by atoms with Gasteiger partial charge in [-0.3, -0.25) is 9.10 Å². The average Bonchev–Trinajstić information content (AvgIpc) is 2.56. The van der Waals surface area contributed by atoms with Crippen LogP contribution in [0, 0.1) is 5.82 Å². The predicted molar refractivity (Wildman–Crippen MR) is 99.4 cm³/mol. The van der Waals surface area contributed by atoms with Crippen molar-refractivity contribution in [2.24, 2.45) is 0 Å². The lowest BCUT2D eigenvalue weighted by molar-refractivity contribution is -0.116. The summed E-state index contributed by atoms with van der Waals surface area (Å²) in [5, 5.41) is 2.63. The van der Waals surface area contributed by atoms with Crippen LogP contribution in [0.15, 0.2) is 48.5 Å². The van der Waals surface area contributed by atoms with Crippen LogP contribution in [-0.4, -0.2) is 33.2 Å². The Hall–Kier alpha value is -2.61. The third-order valence-electron chi connectivity index (χ3n) is 3.59. The normalized spacial score (nSPS) is 12.3. The molecule has 26 heavy (non-hydrogen) atoms. The molecule has 0 aromatic heterocycles. The van der Waals surface area contributed by atoms with Gasteiger partial charge in [-0.1, -0.05) is 18.2 Å². The first-order valence-electron chi connectivity index (χ1n) is 8.01. The lowest BCUT2D eigenvalue weighted by Gasteiger charge is -2.28. The van der Waals surface area contributed by atoms with Gasteiger partial charge in [0.25, 0.3) is 0 Å². The van der Waals surface area contributed by atoms with Crippen molar-refractivity contribution in [1.82, 2.24) is 0 Å². The van der Waals surface area contributed by atoms with Crippen molar-refractivity contribution in [1.29, 1.82) is 0 Å². The molecule has 0 heterocycles. The molecule has 0 saturated carbocycles. The second-order valence-corrected chi connectivity index (χ2v) is 7.50. The van der Waals surface area contributed by atoms with E-state index in [1.807, 2.05) is 6.92 Å². The van der Waals surface area contributed by atoms with Crippen LogP contribution < -0.4 is 14.4 Å². The van der Waals surface area contributed by atoms with E-state index in [1.54, 1.807) is 24.3 Å². The molecule has 1 N–H and O–H groups in total. The number of rotatable bonds is 7. The topological polar surface area (TPSA) is 75.7 Å². The fourth-order valence-corrected chi connectivity index (χ4v) is 3.66. The van der Waals surface area contributed by atoms with E-state index >= 15 is 0 Å². The summed E-state index contributed by atoms with van der Waals surface area (Å²) in [6.07, 6.45) is 0.929. The summed E-state index contributed by atoms with van der Waals surface area (Å²) in [6.45, 7) is 3.71. The zero-order valence-corrected chi connectivity index (χ0v) is 15.6. The minimum Gasteiger partial charge on any atom is -0.494 e. The standard InChI is InChI=1S/C18H21FN2O4S/c1-4-25-15-9-7-8-14(12-15)20-18(22)13(2)21(26(3,23)24)17-11-6-5-10-16(17)19/h5-13H,4H2,1-3H3,(H,20,22)/t13-/m0/s1. The minimum atomic E-state index is -3.89. The fraction of sp³-hybridized carbons (Fsp3) is 0.278. The van der Waals surface area contributed by atoms with E-state index < -0.39 is 27.8 Å². The molecule has 0 fully saturated rings. The molecular formula is C18H21FN2O4S. The number of benzene rings is 2. The first kappa shape index (κ1) is 19.7. The summed E-state index contributed by atoms with van der Waals surface area (Å²) in [4.78, 5) is 12.6. The van der Waals surface area contributed by atoms with E-state index in [2.05, 4.69) is 5.32 Å². The number of amides is 1. The van der Waals surface area contributed by atoms with Crippen LogP contribution >= 0.6 is 0 Å². The highest BCUT2D eigenvalue weighted by Crippen LogP contribution is 2.25. The van der Waals surface area contributed by atoms with E-state index in [1.165, 1.54) is 25.1 Å². The maximum Gasteiger partial charge on any atom is 0.247 e. The van der Waals surface area contributed by atoms with Crippen molar-refractivity contribution >= 4 is 27.3 Å². The Morgan fingerprint density at radius 2 is 1.92 bits per heavy atom. The molecule has 140 valence electrons. The highest BCUT2D eigenvalue weighted by molar-refractivity contribution is 7.92. The summed E-state index contributed by atoms with van der Waals surface area (Å²) in [7, 11) is -3.89. The van der Waals surface area contributed by atoms with E-state index in [4.69, 9.17) is 4.74 Å². The molecule has 0 spiro atoms. The minimum absolute atomic E-state index is 0.180. The van der Waals surface area contributed by atoms with Crippen LogP contribution in [0.4, 0.5) is 15.8 Å². The van der Waals surface area contributed by atoms with Crippen LogP contribution in [0.5, 0.6) is 5.75 Å². The van der Waals surface area contributed by atoms with Gasteiger partial charge in [-0.05, 0) is 38.1 Å². The number of nitrogens with one attached hydrogen (secondary N) is 1. The van der Waals surface area contributed by atoms with Gasteiger partial charge in [0.2, 0.25) is 15.9 Å². The van der Waals surface area contributed by atoms with Gasteiger partial charge in [-0.25, -0.2) is 12.8 Å². The van der Waals surface area contributed by atoms with Crippen LogP contribution in [0.3, 0.4) is 0 Å². The molecule has 0 aliphatic carbocycles. The summed E-state index contributed by atoms with van der Waals surface area (Å²) < 4.78 is 44.6. The number of anilines is 2. The number of carbonyl (C=O) groups excluding carboxylic acids is 1. The van der Waals surface area contributed by atoms with Gasteiger partial charge in [0.1, 0.15) is 17.6 Å². The summed E-state index contributed by atoms with van der Waals surface area (Å²) in [5.74, 6) is -0.740. The van der Waals surface area contributed by atoms with Gasteiger partial charge in [0.15, 0.2) is 0 Å². The molecule has 0 aliphatic rings. The zero-order valence-electron chi connectivity index (χ0n) is 14.8. The Morgan fingerprint density at radius 3 is 2.54 bits per heavy atom. The second kappa shape index (κ2) is 8.18. The Morgan fingerprint density at radius 1 is 1.23 bits per heavy atom. The molecule has 2 rings (SSSR count). The van der Waals surface area contributed by atoms with Crippen LogP contribution in [0.25, 0.3) is 0 Å². The molecule has 0 saturated heterocycles. The lowest BCUT2D eigenvalue weighted by atomic mass is 10.2. The van der Waals surface area contributed by atoms with Crippen molar-refractivity contribution < 1.29 is 22.3 Å². The number of sulfonamides is 1.